The van der Waals surface area contributed by atoms with Crippen molar-refractivity contribution in [3.05, 3.63) is 78.9 Å². The van der Waals surface area contributed by atoms with Gasteiger partial charge in [0, 0.05) is 0 Å². The fourth-order valence-electron chi connectivity index (χ4n) is 2.70. The summed E-state index contributed by atoms with van der Waals surface area (Å²) in [5.41, 5.74) is 0. The lowest BCUT2D eigenvalue weighted by Crippen LogP contribution is -2.54. The number of para-hydroxylation sites is 2. The lowest BCUT2D eigenvalue weighted by atomic mass is 10.3. The van der Waals surface area contributed by atoms with Crippen LogP contribution in [-0.2, 0) is 0 Å². The number of benzene rings is 3. The monoisotopic (exact) mass is 273 g/mol. The highest BCUT2D eigenvalue weighted by atomic mass is 28.3. The summed E-state index contributed by atoms with van der Waals surface area (Å²) >= 11 is 0. The molecule has 0 amide bonds. The van der Waals surface area contributed by atoms with Gasteiger partial charge in [0.1, 0.15) is 0 Å². The Kier molecular flexibility index (Phi) is 2.68. The number of ether oxygens (including phenoxy) is 1. The third-order valence-corrected chi connectivity index (χ3v) is 6.41. The largest absolute Gasteiger partial charge is 0.463 e. The normalized spacial score (nSPS) is 12.3. The average Bonchev–Trinajstić information content (AvgIpc) is 2.53. The van der Waals surface area contributed by atoms with Crippen LogP contribution in [0.2, 0.25) is 0 Å². The van der Waals surface area contributed by atoms with Gasteiger partial charge in [-0.25, -0.2) is 8.80 Å². The van der Waals surface area contributed by atoms with E-state index in [2.05, 4.69) is 66.7 Å². The van der Waals surface area contributed by atoms with Gasteiger partial charge in [0.15, 0.2) is 0 Å². The van der Waals surface area contributed by atoms with Gasteiger partial charge >= 0.3 is 0 Å². The molecule has 4 rings (SSSR count). The van der Waals surface area contributed by atoms with Crippen LogP contribution in [0.25, 0.3) is 0 Å². The molecule has 0 bridgehead atoms. The summed E-state index contributed by atoms with van der Waals surface area (Å²) in [6.45, 7) is 0. The fraction of sp³-hybridized carbons (Fsp3) is 0. The molecule has 1 nitrogen and oxygen atoms in total. The Morgan fingerprint density at radius 1 is 0.550 bits per heavy atom. The first-order valence-electron chi connectivity index (χ1n) is 6.72. The Labute approximate surface area is 120 Å². The van der Waals surface area contributed by atoms with Crippen molar-refractivity contribution in [2.75, 3.05) is 0 Å². The summed E-state index contributed by atoms with van der Waals surface area (Å²) in [5, 5.41) is 4.07. The highest BCUT2D eigenvalue weighted by Crippen LogP contribution is 2.23. The van der Waals surface area contributed by atoms with Gasteiger partial charge in [0.25, 0.3) is 0 Å². The molecule has 0 radical (unpaired) electrons. The topological polar surface area (TPSA) is 9.23 Å². The van der Waals surface area contributed by atoms with Gasteiger partial charge in [0.2, 0.25) is 0 Å². The third-order valence-electron chi connectivity index (χ3n) is 3.60. The molecule has 0 N–H and O–H groups in total. The van der Waals surface area contributed by atoms with E-state index >= 15 is 0 Å². The van der Waals surface area contributed by atoms with E-state index in [9.17, 15) is 0 Å². The maximum Gasteiger partial charge on any atom is 0.0970 e. The van der Waals surface area contributed by atoms with Crippen LogP contribution in [0.15, 0.2) is 78.9 Å². The highest BCUT2D eigenvalue weighted by Gasteiger charge is 2.16. The summed E-state index contributed by atoms with van der Waals surface area (Å²) in [4.78, 5) is 0. The zero-order chi connectivity index (χ0) is 13.4. The maximum atomic E-state index is 6.05. The smallest absolute Gasteiger partial charge is 0.0970 e. The van der Waals surface area contributed by atoms with Crippen molar-refractivity contribution in [3.8, 4) is 11.5 Å². The first kappa shape index (κ1) is 11.5. The molecule has 0 spiro atoms. The second-order valence-corrected chi connectivity index (χ2v) is 7.24. The summed E-state index contributed by atoms with van der Waals surface area (Å²) in [5.74, 6) is 2.01. The second kappa shape index (κ2) is 4.65. The van der Waals surface area contributed by atoms with E-state index in [0.29, 0.717) is 0 Å². The third kappa shape index (κ3) is 1.77. The van der Waals surface area contributed by atoms with Crippen molar-refractivity contribution < 1.29 is 4.74 Å². The van der Waals surface area contributed by atoms with Crippen LogP contribution >= 0.6 is 0 Å². The van der Waals surface area contributed by atoms with Crippen LogP contribution in [0.1, 0.15) is 0 Å². The SMILES string of the molecule is c1ccc([Si-]2c3ccccc3Oc3ccccc32)cc1. The molecule has 1 aliphatic rings. The van der Waals surface area contributed by atoms with E-state index in [1.807, 2.05) is 12.1 Å². The Bertz CT molecular complexity index is 707. The Morgan fingerprint density at radius 2 is 1.05 bits per heavy atom. The molecule has 0 atom stereocenters. The second-order valence-electron chi connectivity index (χ2n) is 4.84. The van der Waals surface area contributed by atoms with Crippen LogP contribution < -0.4 is 20.3 Å². The van der Waals surface area contributed by atoms with Gasteiger partial charge < -0.3 is 4.74 Å². The predicted molar refractivity (Wildman–Crippen MR) is 84.1 cm³/mol. The minimum atomic E-state index is -0.964. The molecule has 1 heterocycles. The Balaban J connectivity index is 1.98. The molecular formula is C18H13OSi-. The van der Waals surface area contributed by atoms with E-state index in [1.165, 1.54) is 15.6 Å². The average molecular weight is 273 g/mol. The van der Waals surface area contributed by atoms with Crippen LogP contribution in [0.4, 0.5) is 0 Å². The lowest BCUT2D eigenvalue weighted by Gasteiger charge is -2.40. The summed E-state index contributed by atoms with van der Waals surface area (Å²) in [7, 11) is -0.964. The van der Waals surface area contributed by atoms with Crippen molar-refractivity contribution in [3.63, 3.8) is 0 Å². The molecule has 3 aromatic rings. The Morgan fingerprint density at radius 3 is 1.65 bits per heavy atom. The first-order chi connectivity index (χ1) is 9.93. The minimum absolute atomic E-state index is 0.964. The van der Waals surface area contributed by atoms with Gasteiger partial charge in [-0.05, 0) is 12.1 Å². The molecule has 0 saturated heterocycles. The summed E-state index contributed by atoms with van der Waals surface area (Å²) in [6, 6.07) is 27.6. The number of fused-ring (bicyclic) bond motifs is 2. The molecule has 0 fully saturated rings. The van der Waals surface area contributed by atoms with Crippen molar-refractivity contribution in [1.29, 1.82) is 0 Å². The number of hydrogen-bond donors (Lipinski definition) is 0. The molecule has 2 heteroatoms. The Hall–Kier alpha value is -2.32. The van der Waals surface area contributed by atoms with Gasteiger partial charge in [-0.3, -0.25) is 0 Å². The standard InChI is InChI=1S/C18H13OSi/c1-2-8-14(9-3-1)20-17-12-6-4-10-15(17)19-16-11-5-7-13-18(16)20/h1-13H/q-1. The number of rotatable bonds is 1. The molecule has 0 unspecified atom stereocenters. The maximum absolute atomic E-state index is 6.05. The minimum Gasteiger partial charge on any atom is -0.463 e. The van der Waals surface area contributed by atoms with E-state index in [4.69, 9.17) is 4.74 Å². The van der Waals surface area contributed by atoms with Gasteiger partial charge in [0.05, 0.1) is 11.5 Å². The number of hydrogen-bond acceptors (Lipinski definition) is 1. The molecule has 0 aromatic heterocycles. The molecule has 1 aliphatic heterocycles. The molecule has 0 saturated carbocycles. The van der Waals surface area contributed by atoms with E-state index in [1.54, 1.807) is 0 Å². The fourth-order valence-corrected chi connectivity index (χ4v) is 5.43. The molecule has 96 valence electrons. The lowest BCUT2D eigenvalue weighted by molar-refractivity contribution is 0.487. The van der Waals surface area contributed by atoms with Crippen molar-refractivity contribution in [2.45, 2.75) is 0 Å². The van der Waals surface area contributed by atoms with E-state index < -0.39 is 8.80 Å². The molecule has 3 aromatic carbocycles. The van der Waals surface area contributed by atoms with Crippen LogP contribution in [-0.4, -0.2) is 8.80 Å². The predicted octanol–water partition coefficient (Wildman–Crippen LogP) is 2.31. The summed E-state index contributed by atoms with van der Waals surface area (Å²) in [6.07, 6.45) is 0. The van der Waals surface area contributed by atoms with Gasteiger partial charge in [-0.2, -0.15) is 5.19 Å². The van der Waals surface area contributed by atoms with Crippen molar-refractivity contribution in [1.82, 2.24) is 0 Å². The zero-order valence-electron chi connectivity index (χ0n) is 10.9. The van der Waals surface area contributed by atoms with Gasteiger partial charge in [-0.1, -0.05) is 66.7 Å². The van der Waals surface area contributed by atoms with Crippen molar-refractivity contribution >= 4 is 24.4 Å². The van der Waals surface area contributed by atoms with Crippen LogP contribution in [0, 0.1) is 0 Å². The van der Waals surface area contributed by atoms with Gasteiger partial charge in [-0.15, -0.1) is 10.4 Å². The van der Waals surface area contributed by atoms with Crippen LogP contribution in [0.3, 0.4) is 0 Å². The molecule has 20 heavy (non-hydrogen) atoms. The highest BCUT2D eigenvalue weighted by molar-refractivity contribution is 6.96. The van der Waals surface area contributed by atoms with Crippen molar-refractivity contribution in [2.24, 2.45) is 0 Å². The zero-order valence-corrected chi connectivity index (χ0v) is 11.9. The van der Waals surface area contributed by atoms with Crippen LogP contribution in [0.5, 0.6) is 11.5 Å². The first-order valence-corrected chi connectivity index (χ1v) is 8.22. The molecule has 0 aliphatic carbocycles. The molecular weight excluding hydrogens is 260 g/mol. The summed E-state index contributed by atoms with van der Waals surface area (Å²) < 4.78 is 6.05. The van der Waals surface area contributed by atoms with E-state index in [0.717, 1.165) is 11.5 Å². The van der Waals surface area contributed by atoms with E-state index in [-0.39, 0.29) is 0 Å². The quantitative estimate of drug-likeness (QED) is 0.484.